The molecule has 0 atom stereocenters. The van der Waals surface area contributed by atoms with Crippen molar-refractivity contribution >= 4 is 22.4 Å². The SMILES string of the molecule is O=C(CCc1ncc(-c2ccccc2)o1)Nc1nc(-c2cccnc2)cs1. The van der Waals surface area contributed by atoms with E-state index in [0.29, 0.717) is 23.2 Å². The lowest BCUT2D eigenvalue weighted by atomic mass is 10.2. The standard InChI is InChI=1S/C20H16N4O2S/c25-18(24-20-23-16(13-27-20)15-7-4-10-21-11-15)8-9-19-22-12-17(26-19)14-5-2-1-3-6-14/h1-7,10-13H,8-9H2,(H,23,24,25). The van der Waals surface area contributed by atoms with Gasteiger partial charge in [-0.2, -0.15) is 0 Å². The van der Waals surface area contributed by atoms with E-state index < -0.39 is 0 Å². The Morgan fingerprint density at radius 3 is 2.74 bits per heavy atom. The molecule has 4 rings (SSSR count). The number of anilines is 1. The van der Waals surface area contributed by atoms with E-state index >= 15 is 0 Å². The van der Waals surface area contributed by atoms with Gasteiger partial charge in [-0.1, -0.05) is 30.3 Å². The van der Waals surface area contributed by atoms with Crippen molar-refractivity contribution in [3.8, 4) is 22.6 Å². The fourth-order valence-electron chi connectivity index (χ4n) is 2.54. The van der Waals surface area contributed by atoms with Crippen molar-refractivity contribution in [1.82, 2.24) is 15.0 Å². The first-order valence-corrected chi connectivity index (χ1v) is 9.32. The molecule has 0 radical (unpaired) electrons. The largest absolute Gasteiger partial charge is 0.441 e. The van der Waals surface area contributed by atoms with E-state index in [9.17, 15) is 4.79 Å². The molecule has 6 nitrogen and oxygen atoms in total. The highest BCUT2D eigenvalue weighted by Gasteiger charge is 2.11. The number of carbonyl (C=O) groups excluding carboxylic acids is 1. The molecule has 0 saturated carbocycles. The van der Waals surface area contributed by atoms with E-state index in [2.05, 4.69) is 20.3 Å². The number of hydrogen-bond donors (Lipinski definition) is 1. The zero-order chi connectivity index (χ0) is 18.5. The lowest BCUT2D eigenvalue weighted by molar-refractivity contribution is -0.116. The van der Waals surface area contributed by atoms with Gasteiger partial charge in [-0.3, -0.25) is 9.78 Å². The summed E-state index contributed by atoms with van der Waals surface area (Å²) in [5.74, 6) is 1.12. The Kier molecular flexibility index (Phi) is 5.02. The van der Waals surface area contributed by atoms with Crippen LogP contribution in [-0.2, 0) is 11.2 Å². The third-order valence-corrected chi connectivity index (χ3v) is 4.64. The molecule has 134 valence electrons. The van der Waals surface area contributed by atoms with E-state index in [-0.39, 0.29) is 12.3 Å². The van der Waals surface area contributed by atoms with Crippen LogP contribution in [0.25, 0.3) is 22.6 Å². The number of oxazole rings is 1. The van der Waals surface area contributed by atoms with Gasteiger partial charge in [-0.05, 0) is 12.1 Å². The lowest BCUT2D eigenvalue weighted by Gasteiger charge is -2.00. The number of carbonyl (C=O) groups is 1. The molecule has 0 bridgehead atoms. The number of benzene rings is 1. The Balaban J connectivity index is 1.33. The fraction of sp³-hybridized carbons (Fsp3) is 0.100. The zero-order valence-corrected chi connectivity index (χ0v) is 15.1. The van der Waals surface area contributed by atoms with Crippen molar-refractivity contribution in [2.24, 2.45) is 0 Å². The first-order valence-electron chi connectivity index (χ1n) is 8.44. The highest BCUT2D eigenvalue weighted by Crippen LogP contribution is 2.24. The Hall–Kier alpha value is -3.32. The molecule has 1 aromatic carbocycles. The minimum absolute atomic E-state index is 0.124. The smallest absolute Gasteiger partial charge is 0.226 e. The van der Waals surface area contributed by atoms with Crippen LogP contribution in [0.15, 0.2) is 70.9 Å². The number of nitrogens with one attached hydrogen (secondary N) is 1. The van der Waals surface area contributed by atoms with E-state index in [0.717, 1.165) is 16.8 Å². The topological polar surface area (TPSA) is 80.9 Å². The summed E-state index contributed by atoms with van der Waals surface area (Å²) in [7, 11) is 0. The average Bonchev–Trinajstić information content (AvgIpc) is 3.37. The summed E-state index contributed by atoms with van der Waals surface area (Å²) in [4.78, 5) is 24.9. The highest BCUT2D eigenvalue weighted by molar-refractivity contribution is 7.14. The van der Waals surface area contributed by atoms with Crippen LogP contribution in [0.3, 0.4) is 0 Å². The fourth-order valence-corrected chi connectivity index (χ4v) is 3.28. The molecular weight excluding hydrogens is 360 g/mol. The highest BCUT2D eigenvalue weighted by atomic mass is 32.1. The van der Waals surface area contributed by atoms with E-state index in [1.54, 1.807) is 18.6 Å². The van der Waals surface area contributed by atoms with Gasteiger partial charge < -0.3 is 9.73 Å². The van der Waals surface area contributed by atoms with Crippen molar-refractivity contribution in [3.63, 3.8) is 0 Å². The van der Waals surface area contributed by atoms with E-state index in [1.807, 2.05) is 47.8 Å². The van der Waals surface area contributed by atoms with E-state index in [1.165, 1.54) is 11.3 Å². The predicted octanol–water partition coefficient (Wildman–Crippen LogP) is 4.43. The molecule has 0 aliphatic heterocycles. The Labute approximate surface area is 160 Å². The molecule has 0 spiro atoms. The summed E-state index contributed by atoms with van der Waals surface area (Å²) in [5.41, 5.74) is 2.68. The van der Waals surface area contributed by atoms with Gasteiger partial charge in [-0.15, -0.1) is 11.3 Å². The molecule has 0 unspecified atom stereocenters. The number of aryl methyl sites for hydroxylation is 1. The van der Waals surface area contributed by atoms with Gasteiger partial charge in [-0.25, -0.2) is 9.97 Å². The summed E-state index contributed by atoms with van der Waals surface area (Å²) in [6, 6.07) is 13.5. The average molecular weight is 376 g/mol. The number of aromatic nitrogens is 3. The van der Waals surface area contributed by atoms with Gasteiger partial charge in [0.1, 0.15) is 0 Å². The maximum atomic E-state index is 12.2. The third-order valence-electron chi connectivity index (χ3n) is 3.89. The first-order chi connectivity index (χ1) is 13.3. The normalized spacial score (nSPS) is 10.7. The first kappa shape index (κ1) is 17.1. The zero-order valence-electron chi connectivity index (χ0n) is 14.3. The molecule has 0 aliphatic rings. The molecule has 1 N–H and O–H groups in total. The van der Waals surface area contributed by atoms with Crippen molar-refractivity contribution in [1.29, 1.82) is 0 Å². The van der Waals surface area contributed by atoms with Gasteiger partial charge in [0.15, 0.2) is 16.8 Å². The molecule has 0 aliphatic carbocycles. The molecule has 1 amide bonds. The third kappa shape index (κ3) is 4.27. The molecular formula is C20H16N4O2S. The van der Waals surface area contributed by atoms with Crippen LogP contribution in [0.1, 0.15) is 12.3 Å². The minimum atomic E-state index is -0.124. The van der Waals surface area contributed by atoms with Gasteiger partial charge in [0.25, 0.3) is 0 Å². The Morgan fingerprint density at radius 1 is 1.07 bits per heavy atom. The van der Waals surface area contributed by atoms with Gasteiger partial charge >= 0.3 is 0 Å². The molecule has 27 heavy (non-hydrogen) atoms. The van der Waals surface area contributed by atoms with Crippen molar-refractivity contribution < 1.29 is 9.21 Å². The van der Waals surface area contributed by atoms with Crippen molar-refractivity contribution in [2.45, 2.75) is 12.8 Å². The summed E-state index contributed by atoms with van der Waals surface area (Å²) in [6.45, 7) is 0. The predicted molar refractivity (Wildman–Crippen MR) is 104 cm³/mol. The number of thiazole rings is 1. The maximum absolute atomic E-state index is 12.2. The molecule has 3 heterocycles. The Bertz CT molecular complexity index is 1030. The number of pyridine rings is 1. The number of rotatable bonds is 6. The minimum Gasteiger partial charge on any atom is -0.441 e. The van der Waals surface area contributed by atoms with Crippen LogP contribution in [0.4, 0.5) is 5.13 Å². The molecule has 0 saturated heterocycles. The van der Waals surface area contributed by atoms with Crippen LogP contribution in [0, 0.1) is 0 Å². The van der Waals surface area contributed by atoms with Crippen LogP contribution in [0.2, 0.25) is 0 Å². The summed E-state index contributed by atoms with van der Waals surface area (Å²) >= 11 is 1.39. The van der Waals surface area contributed by atoms with Gasteiger partial charge in [0.2, 0.25) is 5.91 Å². The second-order valence-corrected chi connectivity index (χ2v) is 6.67. The van der Waals surface area contributed by atoms with E-state index in [4.69, 9.17) is 4.42 Å². The second-order valence-electron chi connectivity index (χ2n) is 5.81. The van der Waals surface area contributed by atoms with Crippen LogP contribution in [-0.4, -0.2) is 20.9 Å². The molecule has 3 aromatic heterocycles. The molecule has 7 heteroatoms. The van der Waals surface area contributed by atoms with Crippen LogP contribution < -0.4 is 5.32 Å². The molecule has 0 fully saturated rings. The Morgan fingerprint density at radius 2 is 1.93 bits per heavy atom. The molecule has 4 aromatic rings. The van der Waals surface area contributed by atoms with Crippen molar-refractivity contribution in [3.05, 3.63) is 72.3 Å². The lowest BCUT2D eigenvalue weighted by Crippen LogP contribution is -2.12. The monoisotopic (exact) mass is 376 g/mol. The van der Waals surface area contributed by atoms with Crippen LogP contribution in [0.5, 0.6) is 0 Å². The van der Waals surface area contributed by atoms with Gasteiger partial charge in [0.05, 0.1) is 11.9 Å². The summed E-state index contributed by atoms with van der Waals surface area (Å²) in [5, 5.41) is 5.28. The summed E-state index contributed by atoms with van der Waals surface area (Å²) < 4.78 is 5.72. The number of hydrogen-bond acceptors (Lipinski definition) is 6. The maximum Gasteiger partial charge on any atom is 0.226 e. The number of nitrogens with zero attached hydrogens (tertiary/aromatic N) is 3. The quantitative estimate of drug-likeness (QED) is 0.538. The van der Waals surface area contributed by atoms with Crippen LogP contribution >= 0.6 is 11.3 Å². The van der Waals surface area contributed by atoms with Crippen molar-refractivity contribution in [2.75, 3.05) is 5.32 Å². The van der Waals surface area contributed by atoms with Gasteiger partial charge in [0, 0.05) is 41.7 Å². The summed E-state index contributed by atoms with van der Waals surface area (Å²) in [6.07, 6.45) is 5.84. The number of amides is 1. The second kappa shape index (κ2) is 7.92.